The molecule has 1 unspecified atom stereocenters. The number of nitrogens with zero attached hydrogens (tertiary/aromatic N) is 4. The van der Waals surface area contributed by atoms with E-state index in [4.69, 9.17) is 9.26 Å². The molecule has 2 aliphatic rings. The molecular weight excluding hydrogens is 320 g/mol. The predicted octanol–water partition coefficient (Wildman–Crippen LogP) is 1.46. The molecule has 0 spiro atoms. The number of hydrogen-bond acceptors (Lipinski definition) is 6. The van der Waals surface area contributed by atoms with E-state index in [0.29, 0.717) is 30.9 Å². The Kier molecular flexibility index (Phi) is 6.25. The number of ether oxygens (including phenoxy) is 1. The van der Waals surface area contributed by atoms with Gasteiger partial charge in [-0.15, -0.1) is 0 Å². The minimum atomic E-state index is -0.156. The third kappa shape index (κ3) is 5.15. The Labute approximate surface area is 149 Å². The minimum Gasteiger partial charge on any atom is -0.371 e. The first-order chi connectivity index (χ1) is 12.2. The zero-order valence-corrected chi connectivity index (χ0v) is 15.5. The average Bonchev–Trinajstić information content (AvgIpc) is 3.37. The highest BCUT2D eigenvalue weighted by molar-refractivity contribution is 5.79. The first kappa shape index (κ1) is 18.1. The van der Waals surface area contributed by atoms with Gasteiger partial charge in [-0.2, -0.15) is 4.98 Å². The largest absolute Gasteiger partial charge is 0.371 e. The van der Waals surface area contributed by atoms with E-state index in [-0.39, 0.29) is 6.10 Å². The van der Waals surface area contributed by atoms with E-state index in [0.717, 1.165) is 24.8 Å². The number of guanidine groups is 1. The molecule has 1 aliphatic carbocycles. The predicted molar refractivity (Wildman–Crippen MR) is 95.3 cm³/mol. The lowest BCUT2D eigenvalue weighted by Gasteiger charge is -2.33. The smallest absolute Gasteiger partial charge is 0.246 e. The number of aromatic nitrogens is 2. The number of hydrogen-bond donors (Lipinski definition) is 2. The summed E-state index contributed by atoms with van der Waals surface area (Å²) in [6.45, 7) is 7.30. The molecule has 140 valence electrons. The molecule has 1 saturated heterocycles. The summed E-state index contributed by atoms with van der Waals surface area (Å²) in [6, 6.07) is 1.33. The van der Waals surface area contributed by atoms with Gasteiger partial charge in [0.1, 0.15) is 6.10 Å². The van der Waals surface area contributed by atoms with Crippen LogP contribution in [-0.2, 0) is 11.3 Å². The van der Waals surface area contributed by atoms with Crippen molar-refractivity contribution in [3.8, 4) is 0 Å². The van der Waals surface area contributed by atoms with Gasteiger partial charge in [-0.05, 0) is 39.5 Å². The lowest BCUT2D eigenvalue weighted by atomic mass is 10.1. The van der Waals surface area contributed by atoms with Gasteiger partial charge in [0, 0.05) is 38.8 Å². The second-order valence-corrected chi connectivity index (χ2v) is 6.76. The van der Waals surface area contributed by atoms with E-state index in [2.05, 4.69) is 30.7 Å². The molecule has 8 heteroatoms. The molecule has 2 N–H and O–H groups in total. The zero-order valence-electron chi connectivity index (χ0n) is 15.5. The van der Waals surface area contributed by atoms with Gasteiger partial charge in [0.25, 0.3) is 0 Å². The number of nitrogens with one attached hydrogen (secondary N) is 2. The topological polar surface area (TPSA) is 87.8 Å². The molecule has 1 aromatic rings. The summed E-state index contributed by atoms with van der Waals surface area (Å²) in [6.07, 6.45) is 4.93. The highest BCUT2D eigenvalue weighted by Crippen LogP contribution is 2.29. The molecule has 1 aliphatic heterocycles. The highest BCUT2D eigenvalue weighted by atomic mass is 16.5. The summed E-state index contributed by atoms with van der Waals surface area (Å²) in [4.78, 5) is 11.3. The third-order valence-corrected chi connectivity index (χ3v) is 4.83. The van der Waals surface area contributed by atoms with Crippen LogP contribution in [0.3, 0.4) is 0 Å². The van der Waals surface area contributed by atoms with E-state index < -0.39 is 0 Å². The highest BCUT2D eigenvalue weighted by Gasteiger charge is 2.31. The molecule has 0 aromatic carbocycles. The standard InChI is InChI=1S/C17H30N6O2/c1-4-24-12(2)16-21-15(25-22-16)11-19-17(18-3)20-13-7-9-23(10-8-13)14-5-6-14/h12-14H,4-11H2,1-3H3,(H2,18,19,20). The molecule has 0 bridgehead atoms. The van der Waals surface area contributed by atoms with Crippen molar-refractivity contribution in [2.24, 2.45) is 4.99 Å². The molecule has 2 fully saturated rings. The first-order valence-corrected chi connectivity index (χ1v) is 9.35. The number of rotatable bonds is 7. The zero-order chi connectivity index (χ0) is 17.6. The summed E-state index contributed by atoms with van der Waals surface area (Å²) >= 11 is 0. The van der Waals surface area contributed by atoms with Crippen LogP contribution in [0.1, 0.15) is 57.3 Å². The second-order valence-electron chi connectivity index (χ2n) is 6.76. The quantitative estimate of drug-likeness (QED) is 0.568. The van der Waals surface area contributed by atoms with Crippen LogP contribution in [0.5, 0.6) is 0 Å². The van der Waals surface area contributed by atoms with Gasteiger partial charge in [-0.1, -0.05) is 5.16 Å². The van der Waals surface area contributed by atoms with Gasteiger partial charge in [0.05, 0.1) is 6.54 Å². The maximum atomic E-state index is 5.47. The van der Waals surface area contributed by atoms with E-state index in [1.165, 1.54) is 25.9 Å². The van der Waals surface area contributed by atoms with Gasteiger partial charge >= 0.3 is 0 Å². The number of piperidine rings is 1. The van der Waals surface area contributed by atoms with E-state index in [9.17, 15) is 0 Å². The average molecular weight is 350 g/mol. The van der Waals surface area contributed by atoms with Crippen molar-refractivity contribution in [3.05, 3.63) is 11.7 Å². The Hall–Kier alpha value is -1.67. The second kappa shape index (κ2) is 8.62. The summed E-state index contributed by atoms with van der Waals surface area (Å²) in [5.74, 6) is 1.89. The first-order valence-electron chi connectivity index (χ1n) is 9.35. The molecule has 1 atom stereocenters. The fraction of sp³-hybridized carbons (Fsp3) is 0.824. The van der Waals surface area contributed by atoms with Crippen LogP contribution in [0, 0.1) is 0 Å². The molecule has 0 amide bonds. The fourth-order valence-electron chi connectivity index (χ4n) is 3.23. The number of aliphatic imine (C=N–C) groups is 1. The SMILES string of the molecule is CCOC(C)c1noc(CNC(=NC)NC2CCN(C3CC3)CC2)n1. The summed E-state index contributed by atoms with van der Waals surface area (Å²) < 4.78 is 10.7. The minimum absolute atomic E-state index is 0.156. The van der Waals surface area contributed by atoms with Crippen LogP contribution in [0.25, 0.3) is 0 Å². The van der Waals surface area contributed by atoms with Crippen molar-refractivity contribution in [3.63, 3.8) is 0 Å². The van der Waals surface area contributed by atoms with Crippen LogP contribution in [0.15, 0.2) is 9.52 Å². The van der Waals surface area contributed by atoms with Crippen molar-refractivity contribution < 1.29 is 9.26 Å². The van der Waals surface area contributed by atoms with Crippen LogP contribution in [0.4, 0.5) is 0 Å². The molecule has 0 radical (unpaired) electrons. The molecule has 1 aromatic heterocycles. The van der Waals surface area contributed by atoms with Gasteiger partial charge in [0.2, 0.25) is 5.89 Å². The normalized spacial score (nSPS) is 21.3. The fourth-order valence-corrected chi connectivity index (χ4v) is 3.23. The Morgan fingerprint density at radius 2 is 2.12 bits per heavy atom. The molecule has 8 nitrogen and oxygen atoms in total. The Morgan fingerprint density at radius 1 is 1.36 bits per heavy atom. The molecule has 1 saturated carbocycles. The summed E-state index contributed by atoms with van der Waals surface area (Å²) in [5, 5.41) is 10.7. The van der Waals surface area contributed by atoms with Crippen LogP contribution in [0.2, 0.25) is 0 Å². The molecular formula is C17H30N6O2. The maximum Gasteiger partial charge on any atom is 0.246 e. The molecule has 2 heterocycles. The Bertz CT molecular complexity index is 563. The van der Waals surface area contributed by atoms with Crippen molar-refractivity contribution in [1.29, 1.82) is 0 Å². The lowest BCUT2D eigenvalue weighted by Crippen LogP contribution is -2.48. The van der Waals surface area contributed by atoms with Crippen molar-refractivity contribution in [2.45, 2.75) is 64.3 Å². The van der Waals surface area contributed by atoms with Gasteiger partial charge < -0.3 is 24.8 Å². The van der Waals surface area contributed by atoms with E-state index in [1.807, 2.05) is 13.8 Å². The van der Waals surface area contributed by atoms with Gasteiger partial charge in [-0.3, -0.25) is 4.99 Å². The van der Waals surface area contributed by atoms with E-state index >= 15 is 0 Å². The van der Waals surface area contributed by atoms with Gasteiger partial charge in [0.15, 0.2) is 11.8 Å². The van der Waals surface area contributed by atoms with Crippen LogP contribution < -0.4 is 10.6 Å². The van der Waals surface area contributed by atoms with Crippen molar-refractivity contribution in [1.82, 2.24) is 25.7 Å². The van der Waals surface area contributed by atoms with Crippen LogP contribution >= 0.6 is 0 Å². The maximum absolute atomic E-state index is 5.47. The Balaban J connectivity index is 1.42. The third-order valence-electron chi connectivity index (χ3n) is 4.83. The van der Waals surface area contributed by atoms with Gasteiger partial charge in [-0.25, -0.2) is 0 Å². The van der Waals surface area contributed by atoms with E-state index in [1.54, 1.807) is 7.05 Å². The van der Waals surface area contributed by atoms with Crippen molar-refractivity contribution >= 4 is 5.96 Å². The Morgan fingerprint density at radius 3 is 2.76 bits per heavy atom. The lowest BCUT2D eigenvalue weighted by molar-refractivity contribution is 0.0683. The summed E-state index contributed by atoms with van der Waals surface area (Å²) in [7, 11) is 1.78. The number of likely N-dealkylation sites (tertiary alicyclic amines) is 1. The van der Waals surface area contributed by atoms with Crippen molar-refractivity contribution in [2.75, 3.05) is 26.7 Å². The monoisotopic (exact) mass is 350 g/mol. The van der Waals surface area contributed by atoms with Crippen LogP contribution in [-0.4, -0.2) is 59.8 Å². The molecule has 25 heavy (non-hydrogen) atoms. The molecule has 3 rings (SSSR count). The summed E-state index contributed by atoms with van der Waals surface area (Å²) in [5.41, 5.74) is 0.